The molecule has 0 radical (unpaired) electrons. The van der Waals surface area contributed by atoms with E-state index in [0.717, 1.165) is 49.8 Å². The van der Waals surface area contributed by atoms with Crippen LogP contribution in [0, 0.1) is 0 Å². The lowest BCUT2D eigenvalue weighted by Crippen LogP contribution is -2.43. The van der Waals surface area contributed by atoms with Gasteiger partial charge >= 0.3 is 0 Å². The molecule has 1 atom stereocenters. The summed E-state index contributed by atoms with van der Waals surface area (Å²) in [6, 6.07) is 6.80. The van der Waals surface area contributed by atoms with Crippen molar-refractivity contribution in [2.75, 3.05) is 44.3 Å². The highest BCUT2D eigenvalue weighted by molar-refractivity contribution is 7.93. The molecule has 0 spiro atoms. The van der Waals surface area contributed by atoms with E-state index in [4.69, 9.17) is 18.1 Å². The molecule has 15 heteroatoms. The minimum Gasteiger partial charge on any atom is -0.506 e. The number of alkyl halides is 2. The summed E-state index contributed by atoms with van der Waals surface area (Å²) in [4.78, 5) is 0.471. The van der Waals surface area contributed by atoms with Crippen molar-refractivity contribution >= 4 is 38.3 Å². The highest BCUT2D eigenvalue weighted by Gasteiger charge is 2.45. The molecule has 0 bridgehead atoms. The zero-order valence-corrected chi connectivity index (χ0v) is 23.4. The number of ether oxygens (including phenoxy) is 2. The fourth-order valence-corrected chi connectivity index (χ4v) is 6.40. The summed E-state index contributed by atoms with van der Waals surface area (Å²) < 4.78 is 98.8. The Bertz CT molecular complexity index is 1840. The third-order valence-electron chi connectivity index (χ3n) is 7.48. The van der Waals surface area contributed by atoms with E-state index < -0.39 is 46.7 Å². The van der Waals surface area contributed by atoms with Crippen molar-refractivity contribution in [1.29, 1.82) is 0 Å². The Morgan fingerprint density at radius 1 is 1.19 bits per heavy atom. The minimum atomic E-state index is -4.56. The second-order valence-corrected chi connectivity index (χ2v) is 12.0. The summed E-state index contributed by atoms with van der Waals surface area (Å²) in [7, 11) is -2.24. The van der Waals surface area contributed by atoms with Crippen molar-refractivity contribution < 1.29 is 40.4 Å². The summed E-state index contributed by atoms with van der Waals surface area (Å²) in [6.07, 6.45) is 1.47. The van der Waals surface area contributed by atoms with Crippen molar-refractivity contribution in [2.24, 2.45) is 0 Å². The summed E-state index contributed by atoms with van der Waals surface area (Å²) in [6.45, 7) is -3.40. The molecule has 2 aromatic heterocycles. The van der Waals surface area contributed by atoms with Gasteiger partial charge in [0.25, 0.3) is 15.9 Å². The molecule has 12 nitrogen and oxygen atoms in total. The zero-order valence-electron chi connectivity index (χ0n) is 25.6. The van der Waals surface area contributed by atoms with E-state index in [1.165, 1.54) is 12.1 Å². The van der Waals surface area contributed by atoms with Crippen LogP contribution in [0.15, 0.2) is 39.8 Å². The number of halogens is 2. The monoisotopic (exact) mass is 607 g/mol. The number of nitrogens with zero attached hydrogens (tertiary/aromatic N) is 3. The SMILES string of the molecule is [2H]C([2H])([2H])N1CCC(F)(F)[C@H](c2cc(OC)c(S(=O)(=O)Nc3noc4cc(Nc5cc(C6CC6)[nH]n5)c(O)cc34)c(OC)c2)C1. The molecule has 6 rings (SSSR count). The van der Waals surface area contributed by atoms with Gasteiger partial charge in [-0.05, 0) is 43.6 Å². The first-order chi connectivity index (χ1) is 21.2. The van der Waals surface area contributed by atoms with E-state index in [0.29, 0.717) is 11.7 Å². The third kappa shape index (κ3) is 5.17. The second kappa shape index (κ2) is 10.3. The average molecular weight is 608 g/mol. The third-order valence-corrected chi connectivity index (χ3v) is 8.88. The van der Waals surface area contributed by atoms with Crippen molar-refractivity contribution in [1.82, 2.24) is 20.3 Å². The topological polar surface area (TPSA) is 155 Å². The number of rotatable bonds is 9. The van der Waals surface area contributed by atoms with E-state index >= 15 is 8.78 Å². The second-order valence-electron chi connectivity index (χ2n) is 10.4. The Balaban J connectivity index is 1.30. The highest BCUT2D eigenvalue weighted by atomic mass is 32.2. The largest absolute Gasteiger partial charge is 0.506 e. The molecular weight excluding hydrogens is 574 g/mol. The normalized spacial score (nSPS) is 20.5. The fourth-order valence-electron chi connectivity index (χ4n) is 5.09. The quantitative estimate of drug-likeness (QED) is 0.196. The number of aromatic amines is 1. The lowest BCUT2D eigenvalue weighted by molar-refractivity contribution is -0.0713. The molecular formula is C27H30F2N6O6S. The van der Waals surface area contributed by atoms with Crippen LogP contribution in [0.1, 0.15) is 46.5 Å². The van der Waals surface area contributed by atoms with Crippen molar-refractivity contribution in [3.63, 3.8) is 0 Å². The minimum absolute atomic E-state index is 0.0559. The first kappa shape index (κ1) is 24.5. The Labute approximate surface area is 244 Å². The molecule has 2 fully saturated rings. The fraction of sp³-hybridized carbons (Fsp3) is 0.407. The predicted octanol–water partition coefficient (Wildman–Crippen LogP) is 4.75. The van der Waals surface area contributed by atoms with Gasteiger partial charge in [-0.2, -0.15) is 5.10 Å². The number of likely N-dealkylation sites (N-methyl/N-ethyl adjacent to an activating group) is 1. The van der Waals surface area contributed by atoms with Crippen LogP contribution < -0.4 is 19.5 Å². The summed E-state index contributed by atoms with van der Waals surface area (Å²) in [5.41, 5.74) is 1.31. The number of hydrogen-bond acceptors (Lipinski definition) is 10. The predicted molar refractivity (Wildman–Crippen MR) is 150 cm³/mol. The molecule has 0 amide bonds. The van der Waals surface area contributed by atoms with Crippen molar-refractivity contribution in [3.8, 4) is 17.2 Å². The van der Waals surface area contributed by atoms with Gasteiger partial charge in [0.15, 0.2) is 22.1 Å². The first-order valence-corrected chi connectivity index (χ1v) is 14.5. The van der Waals surface area contributed by atoms with E-state index in [-0.39, 0.29) is 51.8 Å². The molecule has 1 aliphatic carbocycles. The number of phenolic OH excluding ortho intramolecular Hbond substituents is 1. The number of nitrogens with one attached hydrogen (secondary N) is 3. The number of anilines is 3. The average Bonchev–Trinajstić information content (AvgIpc) is 3.61. The van der Waals surface area contributed by atoms with Gasteiger partial charge in [-0.1, -0.05) is 5.16 Å². The number of H-pyrrole nitrogens is 1. The molecule has 2 aliphatic rings. The van der Waals surface area contributed by atoms with Crippen LogP contribution in [-0.4, -0.2) is 74.0 Å². The first-order valence-electron chi connectivity index (χ1n) is 14.6. The number of methoxy groups -OCH3 is 2. The standard InChI is InChI=1S/C27H30F2N6O6S/c1-35-7-6-27(28,29)17(13-35)15-8-22(39-2)25(23(9-15)40-3)42(37,38)34-26-16-10-20(36)19(11-21(16)41-33-26)30-24-12-18(31-32-24)14-4-5-14/h8-12,14,17,36H,4-7,13H2,1-3H3,(H,33,34)(H2,30,31,32)/t17-/m0/s1/i1D3. The van der Waals surface area contributed by atoms with Crippen LogP contribution in [-0.2, 0) is 10.0 Å². The van der Waals surface area contributed by atoms with Gasteiger partial charge in [-0.15, -0.1) is 0 Å². The van der Waals surface area contributed by atoms with Crippen LogP contribution >= 0.6 is 0 Å². The van der Waals surface area contributed by atoms with Gasteiger partial charge in [0.05, 0.1) is 31.2 Å². The number of piperidine rings is 1. The molecule has 42 heavy (non-hydrogen) atoms. The van der Waals surface area contributed by atoms with E-state index in [2.05, 4.69) is 25.4 Å². The molecule has 2 aromatic carbocycles. The Morgan fingerprint density at radius 3 is 2.60 bits per heavy atom. The maximum absolute atomic E-state index is 15.1. The number of benzene rings is 2. The van der Waals surface area contributed by atoms with Crippen LogP contribution in [0.25, 0.3) is 11.0 Å². The summed E-state index contributed by atoms with van der Waals surface area (Å²) in [5, 5.41) is 24.8. The smallest absolute Gasteiger partial charge is 0.270 e. The summed E-state index contributed by atoms with van der Waals surface area (Å²) >= 11 is 0. The molecule has 0 unspecified atom stereocenters. The van der Waals surface area contributed by atoms with E-state index in [1.54, 1.807) is 0 Å². The van der Waals surface area contributed by atoms with E-state index in [9.17, 15) is 13.5 Å². The van der Waals surface area contributed by atoms with Gasteiger partial charge in [0, 0.05) is 47.4 Å². The van der Waals surface area contributed by atoms with Crippen LogP contribution in [0.3, 0.4) is 0 Å². The number of sulfonamides is 1. The van der Waals surface area contributed by atoms with Crippen LogP contribution in [0.2, 0.25) is 0 Å². The van der Waals surface area contributed by atoms with Crippen LogP contribution in [0.4, 0.5) is 26.1 Å². The molecule has 1 aliphatic heterocycles. The Morgan fingerprint density at radius 2 is 1.93 bits per heavy atom. The van der Waals surface area contributed by atoms with Gasteiger partial charge in [-0.25, -0.2) is 17.2 Å². The molecule has 4 N–H and O–H groups in total. The summed E-state index contributed by atoms with van der Waals surface area (Å²) in [5.74, 6) is -5.05. The number of aromatic nitrogens is 3. The van der Waals surface area contributed by atoms with Crippen LogP contribution in [0.5, 0.6) is 17.2 Å². The molecule has 224 valence electrons. The molecule has 3 heterocycles. The van der Waals surface area contributed by atoms with E-state index in [1.807, 2.05) is 6.07 Å². The maximum atomic E-state index is 15.1. The number of likely N-dealkylation sites (tertiary alicyclic amines) is 1. The molecule has 4 aromatic rings. The number of phenols is 1. The lowest BCUT2D eigenvalue weighted by Gasteiger charge is -2.37. The van der Waals surface area contributed by atoms with Crippen molar-refractivity contribution in [2.45, 2.75) is 41.9 Å². The highest BCUT2D eigenvalue weighted by Crippen LogP contribution is 2.45. The Hall–Kier alpha value is -4.11. The van der Waals surface area contributed by atoms with Gasteiger partial charge in [-0.3, -0.25) is 9.82 Å². The molecule has 1 saturated carbocycles. The number of aromatic hydroxyl groups is 1. The number of hydrogen-bond donors (Lipinski definition) is 4. The van der Waals surface area contributed by atoms with Gasteiger partial charge in [0.2, 0.25) is 0 Å². The molecule has 1 saturated heterocycles. The number of fused-ring (bicyclic) bond motifs is 1. The van der Waals surface area contributed by atoms with Gasteiger partial charge in [0.1, 0.15) is 17.2 Å². The lowest BCUT2D eigenvalue weighted by atomic mass is 9.87. The van der Waals surface area contributed by atoms with Crippen molar-refractivity contribution in [3.05, 3.63) is 41.6 Å². The Kier molecular flexibility index (Phi) is 6.01. The zero-order chi connectivity index (χ0) is 32.3. The van der Waals surface area contributed by atoms with Gasteiger partial charge < -0.3 is 29.3 Å². The maximum Gasteiger partial charge on any atom is 0.270 e.